The predicted molar refractivity (Wildman–Crippen MR) is 73.4 cm³/mol. The minimum Gasteiger partial charge on any atom is -0.339 e. The van der Waals surface area contributed by atoms with Crippen LogP contribution in [-0.4, -0.2) is 40.4 Å². The smallest absolute Gasteiger partial charge is 0.254 e. The number of amides is 1. The normalized spacial score (nSPS) is 12.2. The Kier molecular flexibility index (Phi) is 6.12. The van der Waals surface area contributed by atoms with Crippen molar-refractivity contribution in [2.24, 2.45) is 0 Å². The Morgan fingerprint density at radius 1 is 1.61 bits per heavy atom. The molecule has 0 aliphatic heterocycles. The van der Waals surface area contributed by atoms with E-state index in [0.29, 0.717) is 5.56 Å². The maximum atomic E-state index is 13.0. The van der Waals surface area contributed by atoms with Gasteiger partial charge in [0, 0.05) is 30.9 Å². The summed E-state index contributed by atoms with van der Waals surface area (Å²) >= 11 is 1.86. The Morgan fingerprint density at radius 3 is 2.94 bits per heavy atom. The van der Waals surface area contributed by atoms with Crippen molar-refractivity contribution in [2.75, 3.05) is 18.6 Å². The van der Waals surface area contributed by atoms with Crippen LogP contribution in [0.4, 0.5) is 4.39 Å². The van der Waals surface area contributed by atoms with Crippen LogP contribution in [0, 0.1) is 5.95 Å². The largest absolute Gasteiger partial charge is 0.339 e. The second-order valence-corrected chi connectivity index (χ2v) is 5.51. The molecular weight excluding hydrogens is 251 g/mol. The zero-order valence-corrected chi connectivity index (χ0v) is 11.8. The molecule has 1 atom stereocenters. The van der Waals surface area contributed by atoms with E-state index >= 15 is 0 Å². The number of aromatic nitrogens is 1. The number of hydrogen-bond acceptors (Lipinski definition) is 3. The Bertz CT molecular complexity index is 400. The van der Waals surface area contributed by atoms with Gasteiger partial charge in [0.15, 0.2) is 0 Å². The number of rotatable bonds is 6. The quantitative estimate of drug-likeness (QED) is 0.588. The van der Waals surface area contributed by atoms with E-state index < -0.39 is 5.95 Å². The van der Waals surface area contributed by atoms with Gasteiger partial charge < -0.3 is 4.90 Å². The fourth-order valence-corrected chi connectivity index (χ4v) is 2.33. The molecule has 18 heavy (non-hydrogen) atoms. The summed E-state index contributed by atoms with van der Waals surface area (Å²) in [6, 6.07) is 2.86. The summed E-state index contributed by atoms with van der Waals surface area (Å²) in [5.41, 5.74) is 0.347. The van der Waals surface area contributed by atoms with Gasteiger partial charge in [-0.3, -0.25) is 4.79 Å². The molecule has 0 fully saturated rings. The van der Waals surface area contributed by atoms with Crippen molar-refractivity contribution in [3.05, 3.63) is 29.8 Å². The maximum absolute atomic E-state index is 13.0. The minimum atomic E-state index is -0.622. The van der Waals surface area contributed by atoms with Crippen molar-refractivity contribution in [1.82, 2.24) is 9.88 Å². The zero-order chi connectivity index (χ0) is 13.5. The number of carbonyl (C=O) groups excluding carboxylic acids is 1. The summed E-state index contributed by atoms with van der Waals surface area (Å²) in [6.07, 6.45) is 2.25. The van der Waals surface area contributed by atoms with Gasteiger partial charge in [-0.05, 0) is 30.9 Å². The highest BCUT2D eigenvalue weighted by Gasteiger charge is 2.17. The molecule has 0 saturated carbocycles. The van der Waals surface area contributed by atoms with Gasteiger partial charge in [-0.15, -0.1) is 0 Å². The number of pyridine rings is 1. The number of nitrogens with zero attached hydrogens (tertiary/aromatic N) is 2. The van der Waals surface area contributed by atoms with E-state index in [1.807, 2.05) is 18.7 Å². The minimum absolute atomic E-state index is 0.146. The Hall–Kier alpha value is -1.10. The average molecular weight is 270 g/mol. The van der Waals surface area contributed by atoms with Crippen LogP contribution < -0.4 is 0 Å². The third-order valence-corrected chi connectivity index (χ3v) is 3.77. The predicted octanol–water partition coefficient (Wildman–Crippen LogP) is 2.82. The lowest BCUT2D eigenvalue weighted by Gasteiger charge is -2.24. The van der Waals surface area contributed by atoms with Gasteiger partial charge in [0.2, 0.25) is 5.95 Å². The fraction of sp³-hybridized carbons (Fsp3) is 0.538. The van der Waals surface area contributed by atoms with Gasteiger partial charge in [-0.1, -0.05) is 6.92 Å². The summed E-state index contributed by atoms with van der Waals surface area (Å²) < 4.78 is 13.0. The molecule has 0 aliphatic carbocycles. The van der Waals surface area contributed by atoms with Crippen molar-refractivity contribution >= 4 is 17.7 Å². The second kappa shape index (κ2) is 7.36. The second-order valence-electron chi connectivity index (χ2n) is 4.12. The molecule has 0 bridgehead atoms. The third-order valence-electron chi connectivity index (χ3n) is 2.84. The van der Waals surface area contributed by atoms with E-state index in [4.69, 9.17) is 0 Å². The lowest BCUT2D eigenvalue weighted by molar-refractivity contribution is 0.0740. The molecule has 1 aromatic heterocycles. The molecule has 3 nitrogen and oxygen atoms in total. The van der Waals surface area contributed by atoms with E-state index in [1.165, 1.54) is 18.3 Å². The Labute approximate surface area is 112 Å². The van der Waals surface area contributed by atoms with E-state index in [0.717, 1.165) is 17.9 Å². The Balaban J connectivity index is 2.60. The van der Waals surface area contributed by atoms with Crippen LogP contribution in [0.25, 0.3) is 0 Å². The maximum Gasteiger partial charge on any atom is 0.254 e. The van der Waals surface area contributed by atoms with Gasteiger partial charge in [-0.25, -0.2) is 4.98 Å². The number of hydrogen-bond donors (Lipinski definition) is 0. The van der Waals surface area contributed by atoms with Gasteiger partial charge in [0.1, 0.15) is 0 Å². The van der Waals surface area contributed by atoms with Crippen LogP contribution in [0.2, 0.25) is 0 Å². The van der Waals surface area contributed by atoms with Crippen molar-refractivity contribution in [1.29, 1.82) is 0 Å². The fourth-order valence-electron chi connectivity index (χ4n) is 1.53. The van der Waals surface area contributed by atoms with Crippen molar-refractivity contribution < 1.29 is 9.18 Å². The molecular formula is C13H19FN2OS. The standard InChI is InChI=1S/C13H19FN2OS/c1-4-18-8-6-10(2)16(3)13(17)11-5-7-15-12(14)9-11/h5,7,9-10H,4,6,8H2,1-3H3. The lowest BCUT2D eigenvalue weighted by atomic mass is 10.2. The SMILES string of the molecule is CCSCCC(C)N(C)C(=O)c1ccnc(F)c1. The van der Waals surface area contributed by atoms with E-state index in [2.05, 4.69) is 11.9 Å². The highest BCUT2D eigenvalue weighted by molar-refractivity contribution is 7.99. The summed E-state index contributed by atoms with van der Waals surface area (Å²) in [7, 11) is 1.75. The summed E-state index contributed by atoms with van der Waals surface area (Å²) in [4.78, 5) is 17.2. The number of carbonyl (C=O) groups is 1. The molecule has 0 aliphatic rings. The van der Waals surface area contributed by atoms with E-state index in [9.17, 15) is 9.18 Å². The van der Waals surface area contributed by atoms with Crippen molar-refractivity contribution in [3.8, 4) is 0 Å². The monoisotopic (exact) mass is 270 g/mol. The van der Waals surface area contributed by atoms with Gasteiger partial charge in [0.25, 0.3) is 5.91 Å². The molecule has 0 saturated heterocycles. The summed E-state index contributed by atoms with van der Waals surface area (Å²) in [5.74, 6) is 1.33. The molecule has 0 radical (unpaired) electrons. The first kappa shape index (κ1) is 15.0. The first-order chi connectivity index (χ1) is 8.56. The molecule has 0 spiro atoms. The van der Waals surface area contributed by atoms with Crippen LogP contribution >= 0.6 is 11.8 Å². The van der Waals surface area contributed by atoms with Crippen LogP contribution in [0.5, 0.6) is 0 Å². The van der Waals surface area contributed by atoms with Crippen LogP contribution in [-0.2, 0) is 0 Å². The Morgan fingerprint density at radius 2 is 2.33 bits per heavy atom. The molecule has 1 unspecified atom stereocenters. The molecule has 100 valence electrons. The van der Waals surface area contributed by atoms with Crippen LogP contribution in [0.15, 0.2) is 18.3 Å². The van der Waals surface area contributed by atoms with Gasteiger partial charge in [-0.2, -0.15) is 16.2 Å². The van der Waals surface area contributed by atoms with E-state index in [-0.39, 0.29) is 11.9 Å². The molecule has 1 rings (SSSR count). The van der Waals surface area contributed by atoms with Crippen molar-refractivity contribution in [3.63, 3.8) is 0 Å². The van der Waals surface area contributed by atoms with Crippen LogP contribution in [0.1, 0.15) is 30.6 Å². The van der Waals surface area contributed by atoms with Crippen molar-refractivity contribution in [2.45, 2.75) is 26.3 Å². The average Bonchev–Trinajstić information content (AvgIpc) is 2.37. The molecule has 1 aromatic rings. The summed E-state index contributed by atoms with van der Waals surface area (Å²) in [5, 5.41) is 0. The highest BCUT2D eigenvalue weighted by atomic mass is 32.2. The topological polar surface area (TPSA) is 33.2 Å². The van der Waals surface area contributed by atoms with Crippen LogP contribution in [0.3, 0.4) is 0 Å². The molecule has 5 heteroatoms. The molecule has 0 aromatic carbocycles. The lowest BCUT2D eigenvalue weighted by Crippen LogP contribution is -2.35. The first-order valence-electron chi connectivity index (χ1n) is 6.02. The highest BCUT2D eigenvalue weighted by Crippen LogP contribution is 2.12. The van der Waals surface area contributed by atoms with Gasteiger partial charge >= 0.3 is 0 Å². The van der Waals surface area contributed by atoms with Gasteiger partial charge in [0.05, 0.1) is 0 Å². The zero-order valence-electron chi connectivity index (χ0n) is 11.0. The first-order valence-corrected chi connectivity index (χ1v) is 7.18. The molecule has 1 heterocycles. The summed E-state index contributed by atoms with van der Waals surface area (Å²) in [6.45, 7) is 4.12. The van der Waals surface area contributed by atoms with E-state index in [1.54, 1.807) is 11.9 Å². The molecule has 0 N–H and O–H groups in total. The number of thioether (sulfide) groups is 1. The number of halogens is 1. The molecule has 1 amide bonds. The third kappa shape index (κ3) is 4.29.